The van der Waals surface area contributed by atoms with Gasteiger partial charge in [-0.25, -0.2) is 0 Å². The first-order valence-electron chi connectivity index (χ1n) is 8.17. The van der Waals surface area contributed by atoms with Gasteiger partial charge in [-0.05, 0) is 25.0 Å². The highest BCUT2D eigenvalue weighted by Gasteiger charge is 2.46. The second-order valence-corrected chi connectivity index (χ2v) is 6.79. The summed E-state index contributed by atoms with van der Waals surface area (Å²) in [7, 11) is 0. The lowest BCUT2D eigenvalue weighted by Crippen LogP contribution is -2.47. The van der Waals surface area contributed by atoms with Crippen molar-refractivity contribution in [1.82, 2.24) is 10.2 Å². The molecule has 1 amide bonds. The minimum atomic E-state index is -0.347. The topological polar surface area (TPSA) is 32.3 Å². The van der Waals surface area contributed by atoms with Gasteiger partial charge in [-0.15, -0.1) is 0 Å². The Morgan fingerprint density at radius 3 is 2.22 bits per heavy atom. The summed E-state index contributed by atoms with van der Waals surface area (Å²) < 4.78 is 0. The lowest BCUT2D eigenvalue weighted by molar-refractivity contribution is -0.132. The Balaban J connectivity index is 1.82. The van der Waals surface area contributed by atoms with Gasteiger partial charge in [0.1, 0.15) is 0 Å². The van der Waals surface area contributed by atoms with Gasteiger partial charge in [0.15, 0.2) is 0 Å². The van der Waals surface area contributed by atoms with Gasteiger partial charge >= 0.3 is 0 Å². The van der Waals surface area contributed by atoms with Gasteiger partial charge in [-0.2, -0.15) is 0 Å². The Hall–Kier alpha value is -2.13. The summed E-state index contributed by atoms with van der Waals surface area (Å²) in [5, 5.41) is 3.52. The average Bonchev–Trinajstić information content (AvgIpc) is 2.79. The molecule has 3 nitrogen and oxygen atoms in total. The number of carbonyl (C=O) groups is 1. The highest BCUT2D eigenvalue weighted by atomic mass is 16.2. The van der Waals surface area contributed by atoms with Gasteiger partial charge in [-0.3, -0.25) is 10.1 Å². The molecule has 1 aliphatic rings. The van der Waals surface area contributed by atoms with Crippen LogP contribution in [-0.4, -0.2) is 22.5 Å². The van der Waals surface area contributed by atoms with Crippen LogP contribution in [0.15, 0.2) is 60.7 Å². The Kier molecular flexibility index (Phi) is 4.22. The number of hydrogen-bond donors (Lipinski definition) is 1. The van der Waals surface area contributed by atoms with Crippen molar-refractivity contribution in [3.8, 4) is 0 Å². The predicted molar refractivity (Wildman–Crippen MR) is 92.9 cm³/mol. The summed E-state index contributed by atoms with van der Waals surface area (Å²) in [5.41, 5.74) is 2.00. The van der Waals surface area contributed by atoms with Crippen LogP contribution >= 0.6 is 0 Å². The van der Waals surface area contributed by atoms with Crippen molar-refractivity contribution in [3.05, 3.63) is 71.8 Å². The van der Waals surface area contributed by atoms with E-state index in [1.54, 1.807) is 0 Å². The predicted octanol–water partition coefficient (Wildman–Crippen LogP) is 3.53. The third-order valence-electron chi connectivity index (χ3n) is 4.72. The quantitative estimate of drug-likeness (QED) is 0.937. The number of amides is 1. The van der Waals surface area contributed by atoms with Crippen LogP contribution in [-0.2, 0) is 11.3 Å². The number of benzene rings is 2. The van der Waals surface area contributed by atoms with Gasteiger partial charge in [0.25, 0.3) is 0 Å². The molecule has 23 heavy (non-hydrogen) atoms. The highest BCUT2D eigenvalue weighted by molar-refractivity contribution is 5.86. The van der Waals surface area contributed by atoms with Crippen LogP contribution < -0.4 is 5.32 Å². The van der Waals surface area contributed by atoms with Crippen LogP contribution in [0.4, 0.5) is 0 Å². The molecule has 2 atom stereocenters. The molecule has 1 saturated heterocycles. The van der Waals surface area contributed by atoms with Crippen LogP contribution in [0.25, 0.3) is 0 Å². The first-order valence-corrected chi connectivity index (χ1v) is 8.17. The maximum atomic E-state index is 13.0. The van der Waals surface area contributed by atoms with Crippen LogP contribution in [0, 0.1) is 0 Å². The largest absolute Gasteiger partial charge is 0.319 e. The number of hydrogen-bond acceptors (Lipinski definition) is 2. The van der Waals surface area contributed by atoms with E-state index < -0.39 is 0 Å². The van der Waals surface area contributed by atoms with E-state index in [9.17, 15) is 4.79 Å². The molecule has 0 aromatic heterocycles. The zero-order valence-electron chi connectivity index (χ0n) is 14.0. The molecular formula is C20H24N2O. The van der Waals surface area contributed by atoms with Crippen LogP contribution in [0.5, 0.6) is 0 Å². The van der Waals surface area contributed by atoms with Crippen molar-refractivity contribution in [2.45, 2.75) is 44.9 Å². The fraction of sp³-hybridized carbons (Fsp3) is 0.350. The van der Waals surface area contributed by atoms with E-state index in [1.165, 1.54) is 5.56 Å². The molecule has 0 spiro atoms. The van der Waals surface area contributed by atoms with Crippen molar-refractivity contribution in [1.29, 1.82) is 0 Å². The van der Waals surface area contributed by atoms with Crippen molar-refractivity contribution in [2.75, 3.05) is 0 Å². The molecule has 2 aromatic rings. The van der Waals surface area contributed by atoms with Gasteiger partial charge in [0.05, 0.1) is 11.7 Å². The first-order chi connectivity index (χ1) is 11.0. The normalized spacial score (nSPS) is 21.4. The molecule has 120 valence electrons. The molecular weight excluding hydrogens is 284 g/mol. The zero-order valence-corrected chi connectivity index (χ0v) is 14.0. The van der Waals surface area contributed by atoms with Crippen LogP contribution in [0.1, 0.15) is 37.8 Å². The number of nitrogens with zero attached hydrogens (tertiary/aromatic N) is 1. The summed E-state index contributed by atoms with van der Waals surface area (Å²) in [6.45, 7) is 6.90. The summed E-state index contributed by atoms with van der Waals surface area (Å²) in [4.78, 5) is 15.0. The monoisotopic (exact) mass is 308 g/mol. The molecule has 1 heterocycles. The Morgan fingerprint density at radius 2 is 1.61 bits per heavy atom. The summed E-state index contributed by atoms with van der Waals surface area (Å²) in [5.74, 6) is 0.318. The van der Waals surface area contributed by atoms with Crippen LogP contribution in [0.2, 0.25) is 0 Å². The third kappa shape index (κ3) is 3.15. The molecule has 0 radical (unpaired) electrons. The van der Waals surface area contributed by atoms with Gasteiger partial charge in [0.2, 0.25) is 5.91 Å². The van der Waals surface area contributed by atoms with E-state index in [0.29, 0.717) is 6.54 Å². The van der Waals surface area contributed by atoms with Crippen molar-refractivity contribution in [2.24, 2.45) is 0 Å². The van der Waals surface area contributed by atoms with Gasteiger partial charge < -0.3 is 4.90 Å². The fourth-order valence-corrected chi connectivity index (χ4v) is 3.29. The summed E-state index contributed by atoms with van der Waals surface area (Å²) in [6.07, 6.45) is 0. The lowest BCUT2D eigenvalue weighted by Gasteiger charge is -2.31. The second-order valence-electron chi connectivity index (χ2n) is 6.79. The molecule has 0 bridgehead atoms. The van der Waals surface area contributed by atoms with E-state index in [2.05, 4.69) is 50.4 Å². The molecule has 3 heteroatoms. The van der Waals surface area contributed by atoms with Crippen molar-refractivity contribution < 1.29 is 4.79 Å². The minimum absolute atomic E-state index is 0.142. The van der Waals surface area contributed by atoms with Crippen LogP contribution in [0.3, 0.4) is 0 Å². The maximum Gasteiger partial charge on any atom is 0.242 e. The molecule has 0 aliphatic carbocycles. The number of nitrogens with one attached hydrogen (secondary N) is 1. The Labute approximate surface area is 138 Å². The van der Waals surface area contributed by atoms with Crippen molar-refractivity contribution in [3.63, 3.8) is 0 Å². The first kappa shape index (κ1) is 15.8. The number of rotatable bonds is 4. The van der Waals surface area contributed by atoms with E-state index in [1.807, 2.05) is 41.3 Å². The second kappa shape index (κ2) is 6.17. The van der Waals surface area contributed by atoms with E-state index >= 15 is 0 Å². The third-order valence-corrected chi connectivity index (χ3v) is 4.72. The Morgan fingerprint density at radius 1 is 1.04 bits per heavy atom. The minimum Gasteiger partial charge on any atom is -0.319 e. The molecule has 3 rings (SSSR count). The fourth-order valence-electron chi connectivity index (χ4n) is 3.29. The standard InChI is InChI=1S/C20H24N2O/c1-15(17-12-8-5-9-13-17)18-19(23)22(20(2,3)21-18)14-16-10-6-4-7-11-16/h4-13,15,18,21H,14H2,1-3H3/t15-,18+/m1/s1. The molecule has 1 aliphatic heterocycles. The lowest BCUT2D eigenvalue weighted by atomic mass is 9.93. The van der Waals surface area contributed by atoms with E-state index in [0.717, 1.165) is 5.56 Å². The smallest absolute Gasteiger partial charge is 0.242 e. The summed E-state index contributed by atoms with van der Waals surface area (Å²) in [6, 6.07) is 20.2. The van der Waals surface area contributed by atoms with E-state index in [4.69, 9.17) is 0 Å². The molecule has 2 aromatic carbocycles. The van der Waals surface area contributed by atoms with Crippen molar-refractivity contribution >= 4 is 5.91 Å². The SMILES string of the molecule is C[C@H](c1ccccc1)[C@@H]1NC(C)(C)N(Cc2ccccc2)C1=O. The molecule has 0 unspecified atom stereocenters. The average molecular weight is 308 g/mol. The van der Waals surface area contributed by atoms with Gasteiger partial charge in [-0.1, -0.05) is 67.6 Å². The molecule has 1 fully saturated rings. The zero-order chi connectivity index (χ0) is 16.4. The highest BCUT2D eigenvalue weighted by Crippen LogP contribution is 2.31. The Bertz CT molecular complexity index is 667. The molecule has 0 saturated carbocycles. The van der Waals surface area contributed by atoms with Gasteiger partial charge in [0, 0.05) is 12.5 Å². The number of carbonyl (C=O) groups excluding carboxylic acids is 1. The molecule has 1 N–H and O–H groups in total. The maximum absolute atomic E-state index is 13.0. The summed E-state index contributed by atoms with van der Waals surface area (Å²) >= 11 is 0. The van der Waals surface area contributed by atoms with E-state index in [-0.39, 0.29) is 23.5 Å².